The molecule has 0 amide bonds. The third kappa shape index (κ3) is 2.76. The van der Waals surface area contributed by atoms with Crippen LogP contribution in [0.15, 0.2) is 40.7 Å². The number of halogens is 1. The van der Waals surface area contributed by atoms with Gasteiger partial charge in [0.25, 0.3) is 0 Å². The van der Waals surface area contributed by atoms with E-state index in [1.165, 1.54) is 23.9 Å². The van der Waals surface area contributed by atoms with Crippen LogP contribution < -0.4 is 5.32 Å². The average Bonchev–Trinajstić information content (AvgIpc) is 2.94. The van der Waals surface area contributed by atoms with Crippen molar-refractivity contribution in [3.05, 3.63) is 46.9 Å². The summed E-state index contributed by atoms with van der Waals surface area (Å²) in [4.78, 5) is 17.4. The Labute approximate surface area is 149 Å². The molecule has 0 radical (unpaired) electrons. The van der Waals surface area contributed by atoms with Gasteiger partial charge in [0.1, 0.15) is 11.9 Å². The number of nitrogens with one attached hydrogen (secondary N) is 1. The Kier molecular flexibility index (Phi) is 3.72. The summed E-state index contributed by atoms with van der Waals surface area (Å²) in [7, 11) is 0. The Balaban J connectivity index is 1.92. The lowest BCUT2D eigenvalue weighted by Crippen LogP contribution is -2.36. The first kappa shape index (κ1) is 16.3. The molecule has 1 aliphatic heterocycles. The molecule has 2 aliphatic rings. The quantitative estimate of drug-likeness (QED) is 0.828. The zero-order valence-corrected chi connectivity index (χ0v) is 15.2. The van der Waals surface area contributed by atoms with Crippen molar-refractivity contribution in [3.63, 3.8) is 0 Å². The summed E-state index contributed by atoms with van der Waals surface area (Å²) in [6.07, 6.45) is 3.13. The lowest BCUT2D eigenvalue weighted by Gasteiger charge is -2.38. The van der Waals surface area contributed by atoms with E-state index in [9.17, 15) is 9.18 Å². The van der Waals surface area contributed by atoms with Crippen molar-refractivity contribution in [1.29, 1.82) is 0 Å². The highest BCUT2D eigenvalue weighted by Gasteiger charge is 2.41. The van der Waals surface area contributed by atoms with Crippen molar-refractivity contribution in [2.45, 2.75) is 37.9 Å². The van der Waals surface area contributed by atoms with Crippen LogP contribution in [0.3, 0.4) is 0 Å². The first-order valence-corrected chi connectivity index (χ1v) is 9.40. The summed E-state index contributed by atoms with van der Waals surface area (Å²) in [5, 5.41) is 8.43. The highest BCUT2D eigenvalue weighted by molar-refractivity contribution is 7.98. The summed E-state index contributed by atoms with van der Waals surface area (Å²) in [5.74, 6) is 0.358. The summed E-state index contributed by atoms with van der Waals surface area (Å²) in [5.41, 5.74) is 2.15. The number of carbonyl (C=O) groups is 1. The molecular weight excluding hydrogens is 339 g/mol. The number of fused-ring (bicyclic) bond motifs is 1. The maximum absolute atomic E-state index is 13.8. The fraction of sp³-hybridized carbons (Fsp3) is 0.389. The lowest BCUT2D eigenvalue weighted by atomic mass is 9.73. The molecule has 1 unspecified atom stereocenters. The first-order valence-electron chi connectivity index (χ1n) is 8.17. The van der Waals surface area contributed by atoms with Crippen LogP contribution in [-0.4, -0.2) is 26.8 Å². The molecule has 1 aliphatic carbocycles. The van der Waals surface area contributed by atoms with E-state index in [0.29, 0.717) is 28.7 Å². The molecule has 0 spiro atoms. The Bertz CT molecular complexity index is 902. The monoisotopic (exact) mass is 358 g/mol. The molecule has 25 heavy (non-hydrogen) atoms. The molecule has 4 rings (SSSR count). The zero-order valence-electron chi connectivity index (χ0n) is 14.3. The van der Waals surface area contributed by atoms with Crippen LogP contribution in [0, 0.1) is 11.2 Å². The summed E-state index contributed by atoms with van der Waals surface area (Å²) >= 11 is 1.44. The van der Waals surface area contributed by atoms with E-state index in [1.807, 2.05) is 12.3 Å². The minimum Gasteiger partial charge on any atom is -0.328 e. The van der Waals surface area contributed by atoms with Gasteiger partial charge in [-0.15, -0.1) is 5.10 Å². The van der Waals surface area contributed by atoms with Crippen molar-refractivity contribution < 1.29 is 9.18 Å². The Morgan fingerprint density at radius 2 is 2.16 bits per heavy atom. The number of hydrogen-bond donors (Lipinski definition) is 1. The Hall–Kier alpha value is -2.15. The molecule has 5 nitrogen and oxygen atoms in total. The summed E-state index contributed by atoms with van der Waals surface area (Å²) < 4.78 is 15.6. The van der Waals surface area contributed by atoms with E-state index >= 15 is 0 Å². The molecule has 1 N–H and O–H groups in total. The van der Waals surface area contributed by atoms with Crippen LogP contribution >= 0.6 is 11.8 Å². The number of thioether (sulfide) groups is 1. The maximum atomic E-state index is 13.8. The van der Waals surface area contributed by atoms with Crippen molar-refractivity contribution in [2.24, 2.45) is 5.41 Å². The molecule has 0 saturated carbocycles. The lowest BCUT2D eigenvalue weighted by molar-refractivity contribution is -0.118. The molecule has 7 heteroatoms. The summed E-state index contributed by atoms with van der Waals surface area (Å²) in [6.45, 7) is 4.17. The van der Waals surface area contributed by atoms with E-state index in [-0.39, 0.29) is 17.0 Å². The SMILES string of the molecule is CSc1nc2n(n1)C(c1cccc(F)c1)C1=C(CC(C)(C)CC1=O)N2. The number of anilines is 1. The first-order chi connectivity index (χ1) is 11.9. The van der Waals surface area contributed by atoms with Gasteiger partial charge in [0.15, 0.2) is 5.78 Å². The van der Waals surface area contributed by atoms with Crippen LogP contribution in [0.1, 0.15) is 38.3 Å². The Morgan fingerprint density at radius 1 is 1.36 bits per heavy atom. The largest absolute Gasteiger partial charge is 0.328 e. The molecular formula is C18H19FN4OS. The van der Waals surface area contributed by atoms with E-state index in [4.69, 9.17) is 0 Å². The number of rotatable bonds is 2. The summed E-state index contributed by atoms with van der Waals surface area (Å²) in [6, 6.07) is 5.93. The minimum atomic E-state index is -0.445. The second kappa shape index (κ2) is 5.69. The van der Waals surface area contributed by atoms with Gasteiger partial charge in [0, 0.05) is 17.7 Å². The fourth-order valence-corrected chi connectivity index (χ4v) is 4.01. The van der Waals surface area contributed by atoms with Gasteiger partial charge in [-0.2, -0.15) is 4.98 Å². The van der Waals surface area contributed by atoms with Gasteiger partial charge in [-0.1, -0.05) is 37.7 Å². The number of aromatic nitrogens is 3. The maximum Gasteiger partial charge on any atom is 0.227 e. The smallest absolute Gasteiger partial charge is 0.227 e. The van der Waals surface area contributed by atoms with Gasteiger partial charge in [-0.3, -0.25) is 4.79 Å². The van der Waals surface area contributed by atoms with E-state index < -0.39 is 6.04 Å². The Morgan fingerprint density at radius 3 is 2.88 bits per heavy atom. The van der Waals surface area contributed by atoms with Gasteiger partial charge in [-0.05, 0) is 35.8 Å². The van der Waals surface area contributed by atoms with Crippen molar-refractivity contribution in [1.82, 2.24) is 14.8 Å². The number of hydrogen-bond acceptors (Lipinski definition) is 5. The minimum absolute atomic E-state index is 0.0832. The van der Waals surface area contributed by atoms with Gasteiger partial charge in [0.2, 0.25) is 11.1 Å². The number of allylic oxidation sites excluding steroid dienone is 2. The number of carbonyl (C=O) groups excluding carboxylic acids is 1. The molecule has 1 atom stereocenters. The second-order valence-electron chi connectivity index (χ2n) is 7.28. The van der Waals surface area contributed by atoms with Crippen LogP contribution in [0.2, 0.25) is 0 Å². The number of nitrogens with zero attached hydrogens (tertiary/aromatic N) is 3. The topological polar surface area (TPSA) is 59.8 Å². The third-order valence-corrected chi connectivity index (χ3v) is 5.20. The normalized spacial score (nSPS) is 21.6. The van der Waals surface area contributed by atoms with Gasteiger partial charge >= 0.3 is 0 Å². The predicted octanol–water partition coefficient (Wildman–Crippen LogP) is 3.80. The fourth-order valence-electron chi connectivity index (χ4n) is 3.66. The van der Waals surface area contributed by atoms with Gasteiger partial charge < -0.3 is 5.32 Å². The van der Waals surface area contributed by atoms with E-state index in [0.717, 1.165) is 12.1 Å². The zero-order chi connectivity index (χ0) is 17.8. The highest BCUT2D eigenvalue weighted by Crippen LogP contribution is 2.45. The number of ketones is 1. The molecule has 1 aromatic carbocycles. The molecule has 2 aromatic rings. The number of Topliss-reactive ketones (excluding diaryl/α,β-unsaturated/α-hetero) is 1. The van der Waals surface area contributed by atoms with E-state index in [1.54, 1.807) is 10.7 Å². The van der Waals surface area contributed by atoms with Crippen molar-refractivity contribution in [3.8, 4) is 0 Å². The molecule has 1 aromatic heterocycles. The standard InChI is InChI=1S/C18H19FN4OS/c1-18(2)8-12-14(13(24)9-18)15(10-5-4-6-11(19)7-10)23-16(20-12)21-17(22-23)25-3/h4-7,15H,8-9H2,1-3H3,(H,20,21,22). The highest BCUT2D eigenvalue weighted by atomic mass is 32.2. The van der Waals surface area contributed by atoms with Crippen molar-refractivity contribution in [2.75, 3.05) is 11.6 Å². The molecule has 0 bridgehead atoms. The van der Waals surface area contributed by atoms with Crippen LogP contribution in [-0.2, 0) is 4.79 Å². The predicted molar refractivity (Wildman–Crippen MR) is 95.0 cm³/mol. The van der Waals surface area contributed by atoms with Crippen molar-refractivity contribution >= 4 is 23.5 Å². The average molecular weight is 358 g/mol. The number of benzene rings is 1. The molecule has 0 fully saturated rings. The molecule has 2 heterocycles. The van der Waals surface area contributed by atoms with Crippen LogP contribution in [0.25, 0.3) is 0 Å². The second-order valence-corrected chi connectivity index (χ2v) is 8.06. The van der Waals surface area contributed by atoms with Crippen LogP contribution in [0.5, 0.6) is 0 Å². The van der Waals surface area contributed by atoms with Gasteiger partial charge in [0.05, 0.1) is 0 Å². The molecule has 130 valence electrons. The molecule has 0 saturated heterocycles. The van der Waals surface area contributed by atoms with E-state index in [2.05, 4.69) is 29.2 Å². The van der Waals surface area contributed by atoms with Gasteiger partial charge in [-0.25, -0.2) is 9.07 Å². The third-order valence-electron chi connectivity index (χ3n) is 4.66. The van der Waals surface area contributed by atoms with Crippen LogP contribution in [0.4, 0.5) is 10.3 Å².